The highest BCUT2D eigenvalue weighted by atomic mass is 16.5. The van der Waals surface area contributed by atoms with Gasteiger partial charge in [-0.05, 0) is 13.8 Å². The molecule has 1 unspecified atom stereocenters. The molecule has 0 aromatic rings. The van der Waals surface area contributed by atoms with E-state index in [0.29, 0.717) is 0 Å². The van der Waals surface area contributed by atoms with E-state index in [4.69, 9.17) is 9.47 Å². The molecular weight excluding hydrogens is 142 g/mol. The highest BCUT2D eigenvalue weighted by molar-refractivity contribution is 4.84. The fraction of sp³-hybridized carbons (Fsp3) is 1.00. The van der Waals surface area contributed by atoms with Crippen LogP contribution in [0.15, 0.2) is 0 Å². The van der Waals surface area contributed by atoms with Crippen molar-refractivity contribution < 1.29 is 9.47 Å². The lowest BCUT2D eigenvalue weighted by molar-refractivity contribution is 0.0653. The van der Waals surface area contributed by atoms with Crippen LogP contribution in [0.5, 0.6) is 0 Å². The van der Waals surface area contributed by atoms with Crippen LogP contribution in [-0.2, 0) is 9.47 Å². The van der Waals surface area contributed by atoms with Gasteiger partial charge in [-0.1, -0.05) is 0 Å². The predicted molar refractivity (Wildman–Crippen MR) is 43.4 cm³/mol. The molecule has 1 aliphatic heterocycles. The Kier molecular flexibility index (Phi) is 2.87. The van der Waals surface area contributed by atoms with Gasteiger partial charge in [0.15, 0.2) is 0 Å². The molecule has 0 aliphatic carbocycles. The molecule has 1 rings (SSSR count). The number of methoxy groups -OCH3 is 1. The first-order valence-corrected chi connectivity index (χ1v) is 4.02. The van der Waals surface area contributed by atoms with Crippen LogP contribution in [0.4, 0.5) is 0 Å². The largest absolute Gasteiger partial charge is 0.385 e. The number of rotatable bonds is 3. The summed E-state index contributed by atoms with van der Waals surface area (Å²) >= 11 is 0. The molecular formula is C8H17NO2. The summed E-state index contributed by atoms with van der Waals surface area (Å²) in [4.78, 5) is 0. The molecule has 1 saturated heterocycles. The van der Waals surface area contributed by atoms with Gasteiger partial charge in [0.1, 0.15) is 6.23 Å². The molecule has 1 fully saturated rings. The van der Waals surface area contributed by atoms with Gasteiger partial charge in [-0.3, -0.25) is 5.32 Å². The standard InChI is InChI=1S/C8H17NO2/c1-8(2)6-11-7(9-8)4-5-10-3/h7,9H,4-6H2,1-3H3. The van der Waals surface area contributed by atoms with Crippen molar-refractivity contribution >= 4 is 0 Å². The first-order valence-electron chi connectivity index (χ1n) is 4.02. The van der Waals surface area contributed by atoms with Crippen molar-refractivity contribution in [1.82, 2.24) is 5.32 Å². The minimum atomic E-state index is 0.137. The predicted octanol–water partition coefficient (Wildman–Crippen LogP) is 0.747. The van der Waals surface area contributed by atoms with E-state index in [2.05, 4.69) is 19.2 Å². The average molecular weight is 159 g/mol. The van der Waals surface area contributed by atoms with Crippen molar-refractivity contribution in [2.24, 2.45) is 0 Å². The minimum Gasteiger partial charge on any atom is -0.385 e. The van der Waals surface area contributed by atoms with Crippen LogP contribution in [0.1, 0.15) is 20.3 Å². The topological polar surface area (TPSA) is 30.5 Å². The summed E-state index contributed by atoms with van der Waals surface area (Å²) in [5.74, 6) is 0. The maximum Gasteiger partial charge on any atom is 0.110 e. The van der Waals surface area contributed by atoms with Gasteiger partial charge >= 0.3 is 0 Å². The summed E-state index contributed by atoms with van der Waals surface area (Å²) in [6.07, 6.45) is 1.12. The SMILES string of the molecule is COCCC1NC(C)(C)CO1. The number of hydrogen-bond donors (Lipinski definition) is 1. The highest BCUT2D eigenvalue weighted by Crippen LogP contribution is 2.15. The molecule has 66 valence electrons. The molecule has 11 heavy (non-hydrogen) atoms. The lowest BCUT2D eigenvalue weighted by Gasteiger charge is -2.16. The molecule has 1 N–H and O–H groups in total. The maximum atomic E-state index is 5.48. The van der Waals surface area contributed by atoms with Gasteiger partial charge in [0.25, 0.3) is 0 Å². The average Bonchev–Trinajstić information content (AvgIpc) is 2.26. The van der Waals surface area contributed by atoms with E-state index in [1.165, 1.54) is 0 Å². The van der Waals surface area contributed by atoms with Crippen LogP contribution in [0.25, 0.3) is 0 Å². The molecule has 0 bridgehead atoms. The van der Waals surface area contributed by atoms with Crippen LogP contribution in [0, 0.1) is 0 Å². The van der Waals surface area contributed by atoms with Gasteiger partial charge < -0.3 is 9.47 Å². The van der Waals surface area contributed by atoms with E-state index in [9.17, 15) is 0 Å². The molecule has 1 aliphatic rings. The first kappa shape index (κ1) is 8.97. The van der Waals surface area contributed by atoms with Crippen LogP contribution < -0.4 is 5.32 Å². The van der Waals surface area contributed by atoms with E-state index in [-0.39, 0.29) is 11.8 Å². The quantitative estimate of drug-likeness (QED) is 0.659. The highest BCUT2D eigenvalue weighted by Gasteiger charge is 2.29. The normalized spacial score (nSPS) is 29.2. The van der Waals surface area contributed by atoms with Crippen molar-refractivity contribution in [1.29, 1.82) is 0 Å². The van der Waals surface area contributed by atoms with Crippen molar-refractivity contribution in [3.8, 4) is 0 Å². The molecule has 0 amide bonds. The Morgan fingerprint density at radius 2 is 2.36 bits per heavy atom. The zero-order valence-electron chi connectivity index (χ0n) is 7.52. The van der Waals surface area contributed by atoms with Gasteiger partial charge in [0.05, 0.1) is 6.61 Å². The fourth-order valence-electron chi connectivity index (χ4n) is 1.21. The molecule has 0 spiro atoms. The lowest BCUT2D eigenvalue weighted by Crippen LogP contribution is -2.39. The monoisotopic (exact) mass is 159 g/mol. The number of ether oxygens (including phenoxy) is 2. The summed E-state index contributed by atoms with van der Waals surface area (Å²) < 4.78 is 10.4. The van der Waals surface area contributed by atoms with Gasteiger partial charge in [-0.25, -0.2) is 0 Å². The van der Waals surface area contributed by atoms with Crippen LogP contribution >= 0.6 is 0 Å². The molecule has 0 aromatic carbocycles. The third kappa shape index (κ3) is 2.77. The summed E-state index contributed by atoms with van der Waals surface area (Å²) in [6, 6.07) is 0. The second-order valence-corrected chi connectivity index (χ2v) is 3.61. The van der Waals surface area contributed by atoms with Gasteiger partial charge in [-0.2, -0.15) is 0 Å². The Balaban J connectivity index is 2.20. The molecule has 0 radical (unpaired) electrons. The summed E-state index contributed by atoms with van der Waals surface area (Å²) in [5.41, 5.74) is 0.137. The van der Waals surface area contributed by atoms with Crippen molar-refractivity contribution in [3.63, 3.8) is 0 Å². The lowest BCUT2D eigenvalue weighted by atomic mass is 10.1. The third-order valence-corrected chi connectivity index (χ3v) is 1.78. The van der Waals surface area contributed by atoms with Crippen molar-refractivity contribution in [2.45, 2.75) is 32.0 Å². The molecule has 1 heterocycles. The zero-order valence-corrected chi connectivity index (χ0v) is 7.52. The molecule has 0 saturated carbocycles. The van der Waals surface area contributed by atoms with E-state index < -0.39 is 0 Å². The van der Waals surface area contributed by atoms with Gasteiger partial charge in [-0.15, -0.1) is 0 Å². The Morgan fingerprint density at radius 1 is 1.64 bits per heavy atom. The second-order valence-electron chi connectivity index (χ2n) is 3.61. The minimum absolute atomic E-state index is 0.137. The molecule has 3 heteroatoms. The Hall–Kier alpha value is -0.120. The van der Waals surface area contributed by atoms with Gasteiger partial charge in [0.2, 0.25) is 0 Å². The fourth-order valence-corrected chi connectivity index (χ4v) is 1.21. The second kappa shape index (κ2) is 3.52. The Labute approximate surface area is 68.1 Å². The molecule has 1 atom stereocenters. The smallest absolute Gasteiger partial charge is 0.110 e. The molecule has 0 aromatic heterocycles. The Morgan fingerprint density at radius 3 is 2.82 bits per heavy atom. The Bertz CT molecular complexity index is 125. The number of nitrogens with one attached hydrogen (secondary N) is 1. The summed E-state index contributed by atoms with van der Waals surface area (Å²) in [5, 5.41) is 3.36. The molecule has 3 nitrogen and oxygen atoms in total. The van der Waals surface area contributed by atoms with E-state index in [1.807, 2.05) is 0 Å². The maximum absolute atomic E-state index is 5.48. The number of hydrogen-bond acceptors (Lipinski definition) is 3. The van der Waals surface area contributed by atoms with E-state index >= 15 is 0 Å². The van der Waals surface area contributed by atoms with Crippen LogP contribution in [0.3, 0.4) is 0 Å². The summed E-state index contributed by atoms with van der Waals surface area (Å²) in [7, 11) is 1.71. The van der Waals surface area contributed by atoms with Gasteiger partial charge in [0, 0.05) is 25.7 Å². The van der Waals surface area contributed by atoms with Crippen LogP contribution in [0.2, 0.25) is 0 Å². The zero-order chi connectivity index (χ0) is 8.32. The third-order valence-electron chi connectivity index (χ3n) is 1.78. The summed E-state index contributed by atoms with van der Waals surface area (Å²) in [6.45, 7) is 5.83. The van der Waals surface area contributed by atoms with E-state index in [1.54, 1.807) is 7.11 Å². The van der Waals surface area contributed by atoms with Crippen LogP contribution in [-0.4, -0.2) is 32.1 Å². The van der Waals surface area contributed by atoms with Crippen molar-refractivity contribution in [3.05, 3.63) is 0 Å². The van der Waals surface area contributed by atoms with Crippen molar-refractivity contribution in [2.75, 3.05) is 20.3 Å². The first-order chi connectivity index (χ1) is 5.14. The van der Waals surface area contributed by atoms with E-state index in [0.717, 1.165) is 19.6 Å².